The van der Waals surface area contributed by atoms with Gasteiger partial charge >= 0.3 is 5.97 Å². The summed E-state index contributed by atoms with van der Waals surface area (Å²) in [6.45, 7) is 3.78. The molecule has 0 rings (SSSR count). The predicted octanol–water partition coefficient (Wildman–Crippen LogP) is 4.62. The van der Waals surface area contributed by atoms with Crippen LogP contribution in [-0.4, -0.2) is 35.0 Å². The molecule has 0 aliphatic carbocycles. The van der Waals surface area contributed by atoms with Gasteiger partial charge in [-0.15, -0.1) is 0 Å². The van der Waals surface area contributed by atoms with E-state index in [0.717, 1.165) is 12.8 Å². The minimum absolute atomic E-state index is 0.0641. The van der Waals surface area contributed by atoms with E-state index >= 15 is 0 Å². The second-order valence-corrected chi connectivity index (χ2v) is 6.30. The Morgan fingerprint density at radius 2 is 1.27 bits per heavy atom. The molecule has 1 amide bonds. The van der Waals surface area contributed by atoms with E-state index in [1.165, 1.54) is 62.7 Å². The summed E-state index contributed by atoms with van der Waals surface area (Å²) in [5.41, 5.74) is 0. The van der Waals surface area contributed by atoms with Crippen LogP contribution in [0.25, 0.3) is 0 Å². The van der Waals surface area contributed by atoms with Crippen LogP contribution >= 0.6 is 0 Å². The molecule has 0 fully saturated rings. The van der Waals surface area contributed by atoms with Gasteiger partial charge in [0.25, 0.3) is 0 Å². The lowest BCUT2D eigenvalue weighted by molar-refractivity contribution is -0.148. The SMILES string of the molecule is CCCCCCCCCCCCCC(=O)N(C)C(C)C(=O)O. The maximum absolute atomic E-state index is 11.8. The van der Waals surface area contributed by atoms with Gasteiger partial charge in [-0.05, 0) is 13.3 Å². The van der Waals surface area contributed by atoms with Crippen molar-refractivity contribution in [1.29, 1.82) is 0 Å². The fraction of sp³-hybridized carbons (Fsp3) is 0.889. The number of carbonyl (C=O) groups is 2. The first-order valence-electron chi connectivity index (χ1n) is 8.99. The Balaban J connectivity index is 3.42. The number of carboxylic acids is 1. The second kappa shape index (κ2) is 13.6. The molecule has 0 aromatic rings. The molecule has 4 heteroatoms. The topological polar surface area (TPSA) is 57.6 Å². The highest BCUT2D eigenvalue weighted by Gasteiger charge is 2.20. The maximum Gasteiger partial charge on any atom is 0.326 e. The predicted molar refractivity (Wildman–Crippen MR) is 90.9 cm³/mol. The zero-order valence-electron chi connectivity index (χ0n) is 14.8. The Morgan fingerprint density at radius 1 is 0.864 bits per heavy atom. The van der Waals surface area contributed by atoms with Gasteiger partial charge in [-0.1, -0.05) is 71.1 Å². The zero-order valence-corrected chi connectivity index (χ0v) is 14.8. The maximum atomic E-state index is 11.8. The molecule has 0 saturated heterocycles. The average Bonchev–Trinajstić information content (AvgIpc) is 2.50. The summed E-state index contributed by atoms with van der Waals surface area (Å²) >= 11 is 0. The molecule has 1 unspecified atom stereocenters. The van der Waals surface area contributed by atoms with E-state index in [1.807, 2.05) is 0 Å². The van der Waals surface area contributed by atoms with Crippen LogP contribution in [0, 0.1) is 0 Å². The lowest BCUT2D eigenvalue weighted by atomic mass is 10.1. The number of carboxylic acid groups (broad SMARTS) is 1. The molecule has 130 valence electrons. The Kier molecular flexibility index (Phi) is 12.9. The van der Waals surface area contributed by atoms with Gasteiger partial charge < -0.3 is 10.0 Å². The normalized spacial score (nSPS) is 12.1. The van der Waals surface area contributed by atoms with Gasteiger partial charge in [0, 0.05) is 13.5 Å². The molecule has 0 bridgehead atoms. The van der Waals surface area contributed by atoms with Gasteiger partial charge in [0.05, 0.1) is 0 Å². The van der Waals surface area contributed by atoms with Crippen molar-refractivity contribution in [3.05, 3.63) is 0 Å². The van der Waals surface area contributed by atoms with Gasteiger partial charge in [0.1, 0.15) is 6.04 Å². The molecule has 1 N–H and O–H groups in total. The molecule has 0 saturated carbocycles. The van der Waals surface area contributed by atoms with Crippen molar-refractivity contribution >= 4 is 11.9 Å². The molecular weight excluding hydrogens is 278 g/mol. The monoisotopic (exact) mass is 313 g/mol. The number of likely N-dealkylation sites (N-methyl/N-ethyl adjacent to an activating group) is 1. The van der Waals surface area contributed by atoms with Gasteiger partial charge in [-0.2, -0.15) is 0 Å². The Labute approximate surface area is 136 Å². The molecule has 0 aliphatic heterocycles. The largest absolute Gasteiger partial charge is 0.480 e. The van der Waals surface area contributed by atoms with E-state index in [2.05, 4.69) is 6.92 Å². The van der Waals surface area contributed by atoms with Crippen molar-refractivity contribution in [1.82, 2.24) is 4.90 Å². The quantitative estimate of drug-likeness (QED) is 0.476. The third-order valence-electron chi connectivity index (χ3n) is 4.33. The summed E-state index contributed by atoms with van der Waals surface area (Å²) in [5.74, 6) is -1.01. The standard InChI is InChI=1S/C18H35NO3/c1-4-5-6-7-8-9-10-11-12-13-14-15-17(20)19(3)16(2)18(21)22/h16H,4-15H2,1-3H3,(H,21,22). The van der Waals surface area contributed by atoms with Crippen LogP contribution in [0.4, 0.5) is 0 Å². The minimum atomic E-state index is -0.949. The van der Waals surface area contributed by atoms with Crippen LogP contribution in [0.15, 0.2) is 0 Å². The van der Waals surface area contributed by atoms with E-state index in [-0.39, 0.29) is 5.91 Å². The van der Waals surface area contributed by atoms with Crippen molar-refractivity contribution in [3.8, 4) is 0 Å². The van der Waals surface area contributed by atoms with Gasteiger partial charge in [0.15, 0.2) is 0 Å². The zero-order chi connectivity index (χ0) is 16.8. The molecule has 0 heterocycles. The van der Waals surface area contributed by atoms with Crippen molar-refractivity contribution in [2.24, 2.45) is 0 Å². The third-order valence-corrected chi connectivity index (χ3v) is 4.33. The van der Waals surface area contributed by atoms with E-state index in [4.69, 9.17) is 5.11 Å². The molecule has 4 nitrogen and oxygen atoms in total. The van der Waals surface area contributed by atoms with Crippen LogP contribution in [-0.2, 0) is 9.59 Å². The van der Waals surface area contributed by atoms with Crippen LogP contribution in [0.2, 0.25) is 0 Å². The highest BCUT2D eigenvalue weighted by molar-refractivity contribution is 5.83. The number of hydrogen-bond donors (Lipinski definition) is 1. The summed E-state index contributed by atoms with van der Waals surface area (Å²) in [4.78, 5) is 24.0. The van der Waals surface area contributed by atoms with E-state index in [1.54, 1.807) is 14.0 Å². The first-order valence-corrected chi connectivity index (χ1v) is 8.99. The van der Waals surface area contributed by atoms with E-state index in [9.17, 15) is 9.59 Å². The highest BCUT2D eigenvalue weighted by atomic mass is 16.4. The molecular formula is C18H35NO3. The van der Waals surface area contributed by atoms with Gasteiger partial charge in [-0.25, -0.2) is 4.79 Å². The number of hydrogen-bond acceptors (Lipinski definition) is 2. The lowest BCUT2D eigenvalue weighted by Gasteiger charge is -2.21. The van der Waals surface area contributed by atoms with Gasteiger partial charge in [0.2, 0.25) is 5.91 Å². The van der Waals surface area contributed by atoms with Crippen LogP contribution < -0.4 is 0 Å². The number of unbranched alkanes of at least 4 members (excludes halogenated alkanes) is 10. The number of rotatable bonds is 14. The molecule has 0 aliphatic rings. The van der Waals surface area contributed by atoms with Crippen molar-refractivity contribution in [2.75, 3.05) is 7.05 Å². The fourth-order valence-electron chi connectivity index (χ4n) is 2.50. The summed E-state index contributed by atoms with van der Waals surface area (Å²) in [6.07, 6.45) is 14.2. The second-order valence-electron chi connectivity index (χ2n) is 6.30. The minimum Gasteiger partial charge on any atom is -0.480 e. The number of carbonyl (C=O) groups excluding carboxylic acids is 1. The molecule has 0 radical (unpaired) electrons. The summed E-state index contributed by atoms with van der Waals surface area (Å²) in [6, 6.07) is -0.736. The Bertz CT molecular complexity index is 305. The van der Waals surface area contributed by atoms with Gasteiger partial charge in [-0.3, -0.25) is 4.79 Å². The number of aliphatic carboxylic acids is 1. The number of nitrogens with zero attached hydrogens (tertiary/aromatic N) is 1. The first-order chi connectivity index (χ1) is 10.5. The third kappa shape index (κ3) is 10.6. The summed E-state index contributed by atoms with van der Waals surface area (Å²) in [7, 11) is 1.57. The van der Waals surface area contributed by atoms with E-state index in [0.29, 0.717) is 6.42 Å². The average molecular weight is 313 g/mol. The molecule has 22 heavy (non-hydrogen) atoms. The molecule has 0 aromatic carbocycles. The van der Waals surface area contributed by atoms with E-state index < -0.39 is 12.0 Å². The smallest absolute Gasteiger partial charge is 0.326 e. The highest BCUT2D eigenvalue weighted by Crippen LogP contribution is 2.12. The van der Waals surface area contributed by atoms with Crippen LogP contribution in [0.5, 0.6) is 0 Å². The van der Waals surface area contributed by atoms with Crippen molar-refractivity contribution in [3.63, 3.8) is 0 Å². The first kappa shape index (κ1) is 20.9. The molecule has 0 spiro atoms. The van der Waals surface area contributed by atoms with Crippen LogP contribution in [0.3, 0.4) is 0 Å². The van der Waals surface area contributed by atoms with Crippen LogP contribution in [0.1, 0.15) is 90.9 Å². The van der Waals surface area contributed by atoms with Crippen molar-refractivity contribution in [2.45, 2.75) is 96.9 Å². The fourth-order valence-corrected chi connectivity index (χ4v) is 2.50. The summed E-state index contributed by atoms with van der Waals surface area (Å²) < 4.78 is 0. The van der Waals surface area contributed by atoms with Crippen molar-refractivity contribution < 1.29 is 14.7 Å². The Hall–Kier alpha value is -1.06. The summed E-state index contributed by atoms with van der Waals surface area (Å²) in [5, 5.41) is 8.87. The number of amides is 1. The molecule has 0 aromatic heterocycles. The Morgan fingerprint density at radius 3 is 1.68 bits per heavy atom. The lowest BCUT2D eigenvalue weighted by Crippen LogP contribution is -2.40. The molecule has 1 atom stereocenters.